The van der Waals surface area contributed by atoms with E-state index in [0.717, 1.165) is 0 Å². The fraction of sp³-hybridized carbons (Fsp3) is 0.667. The maximum absolute atomic E-state index is 5.34. The van der Waals surface area contributed by atoms with Gasteiger partial charge in [-0.15, -0.1) is 0 Å². The lowest BCUT2D eigenvalue weighted by Crippen LogP contribution is -2.22. The Morgan fingerprint density at radius 2 is 2.27 bits per heavy atom. The highest BCUT2D eigenvalue weighted by Gasteiger charge is 2.35. The zero-order valence-electron chi connectivity index (χ0n) is 6.20. The number of hydrogen-bond acceptors (Lipinski definition) is 4. The van der Waals surface area contributed by atoms with E-state index < -0.39 is 5.79 Å². The molecule has 11 heavy (non-hydrogen) atoms. The van der Waals surface area contributed by atoms with Crippen LogP contribution < -0.4 is 0 Å². The molecule has 0 amide bonds. The van der Waals surface area contributed by atoms with E-state index in [1.807, 2.05) is 6.92 Å². The van der Waals surface area contributed by atoms with Crippen molar-refractivity contribution in [1.82, 2.24) is 15.4 Å². The van der Waals surface area contributed by atoms with Gasteiger partial charge < -0.3 is 9.47 Å². The molecule has 0 aromatic carbocycles. The summed E-state index contributed by atoms with van der Waals surface area (Å²) in [4.78, 5) is 0. The van der Waals surface area contributed by atoms with Crippen LogP contribution in [0.4, 0.5) is 0 Å². The van der Waals surface area contributed by atoms with Crippen LogP contribution in [0.2, 0.25) is 0 Å². The van der Waals surface area contributed by atoms with Gasteiger partial charge in [0.1, 0.15) is 5.69 Å². The van der Waals surface area contributed by atoms with Crippen LogP contribution in [-0.2, 0) is 15.3 Å². The molecule has 1 N–H and O–H groups in total. The van der Waals surface area contributed by atoms with Gasteiger partial charge in [0.2, 0.25) is 5.79 Å². The monoisotopic (exact) mass is 155 g/mol. The van der Waals surface area contributed by atoms with Gasteiger partial charge in [0.25, 0.3) is 0 Å². The van der Waals surface area contributed by atoms with Crippen LogP contribution in [0.25, 0.3) is 0 Å². The topological polar surface area (TPSA) is 60.0 Å². The molecule has 1 aliphatic rings. The van der Waals surface area contributed by atoms with E-state index >= 15 is 0 Å². The van der Waals surface area contributed by atoms with Gasteiger partial charge in [0.15, 0.2) is 0 Å². The fourth-order valence-corrected chi connectivity index (χ4v) is 1.08. The molecule has 1 aromatic heterocycles. The number of aromatic amines is 1. The van der Waals surface area contributed by atoms with E-state index in [9.17, 15) is 0 Å². The Labute approximate surface area is 63.7 Å². The smallest absolute Gasteiger partial charge is 0.212 e. The number of nitrogens with zero attached hydrogens (tertiary/aromatic N) is 2. The first-order chi connectivity index (χ1) is 5.31. The average Bonchev–Trinajstić information content (AvgIpc) is 2.55. The lowest BCUT2D eigenvalue weighted by molar-refractivity contribution is -0.152. The molecule has 0 spiro atoms. The molecule has 0 atom stereocenters. The van der Waals surface area contributed by atoms with Gasteiger partial charge in [0, 0.05) is 0 Å². The average molecular weight is 155 g/mol. The molecule has 0 aliphatic carbocycles. The third-order valence-electron chi connectivity index (χ3n) is 1.72. The Morgan fingerprint density at radius 1 is 1.55 bits per heavy atom. The SMILES string of the molecule is CC1(c2cn[nH]n2)OCCO1. The molecule has 60 valence electrons. The first-order valence-electron chi connectivity index (χ1n) is 3.45. The highest BCUT2D eigenvalue weighted by molar-refractivity contribution is 5.01. The first-order valence-corrected chi connectivity index (χ1v) is 3.45. The number of ether oxygens (including phenoxy) is 2. The maximum atomic E-state index is 5.34. The Hall–Kier alpha value is -0.940. The van der Waals surface area contributed by atoms with Crippen molar-refractivity contribution < 1.29 is 9.47 Å². The molecule has 2 heterocycles. The van der Waals surface area contributed by atoms with Crippen LogP contribution in [0, 0.1) is 0 Å². The third-order valence-corrected chi connectivity index (χ3v) is 1.72. The number of H-pyrrole nitrogens is 1. The van der Waals surface area contributed by atoms with E-state index in [0.29, 0.717) is 18.9 Å². The molecule has 1 aliphatic heterocycles. The minimum atomic E-state index is -0.687. The predicted octanol–water partition coefficient (Wildman–Crippen LogP) is 0.0242. The van der Waals surface area contributed by atoms with Gasteiger partial charge in [-0.25, -0.2) is 0 Å². The normalized spacial score (nSPS) is 22.3. The summed E-state index contributed by atoms with van der Waals surface area (Å²) in [5, 5.41) is 10.1. The summed E-state index contributed by atoms with van der Waals surface area (Å²) in [5.74, 6) is -0.687. The number of aromatic nitrogens is 3. The number of rotatable bonds is 1. The largest absolute Gasteiger partial charge is 0.342 e. The van der Waals surface area contributed by atoms with Crippen LogP contribution in [0.15, 0.2) is 6.20 Å². The predicted molar refractivity (Wildman–Crippen MR) is 35.6 cm³/mol. The van der Waals surface area contributed by atoms with Gasteiger partial charge >= 0.3 is 0 Å². The summed E-state index contributed by atoms with van der Waals surface area (Å²) >= 11 is 0. The zero-order valence-corrected chi connectivity index (χ0v) is 6.20. The van der Waals surface area contributed by atoms with Crippen molar-refractivity contribution in [3.05, 3.63) is 11.9 Å². The van der Waals surface area contributed by atoms with Gasteiger partial charge in [-0.1, -0.05) is 0 Å². The van der Waals surface area contributed by atoms with Crippen molar-refractivity contribution in [3.63, 3.8) is 0 Å². The Bertz CT molecular complexity index is 228. The summed E-state index contributed by atoms with van der Waals surface area (Å²) in [7, 11) is 0. The van der Waals surface area contributed by atoms with E-state index in [1.54, 1.807) is 6.20 Å². The lowest BCUT2D eigenvalue weighted by Gasteiger charge is -2.18. The van der Waals surface area contributed by atoms with Crippen LogP contribution in [0.1, 0.15) is 12.6 Å². The third kappa shape index (κ3) is 1.02. The molecule has 5 nitrogen and oxygen atoms in total. The number of nitrogens with one attached hydrogen (secondary N) is 1. The summed E-state index contributed by atoms with van der Waals surface area (Å²) in [5.41, 5.74) is 0.690. The second-order valence-corrected chi connectivity index (χ2v) is 2.50. The first kappa shape index (κ1) is 6.75. The fourth-order valence-electron chi connectivity index (χ4n) is 1.08. The van der Waals surface area contributed by atoms with E-state index in [4.69, 9.17) is 9.47 Å². The minimum Gasteiger partial charge on any atom is -0.342 e. The summed E-state index contributed by atoms with van der Waals surface area (Å²) < 4.78 is 10.7. The molecule has 1 saturated heterocycles. The Kier molecular flexibility index (Phi) is 1.40. The molecular weight excluding hydrogens is 146 g/mol. The van der Waals surface area contributed by atoms with E-state index in [2.05, 4.69) is 15.4 Å². The Balaban J connectivity index is 2.27. The van der Waals surface area contributed by atoms with Gasteiger partial charge in [-0.05, 0) is 6.92 Å². The second kappa shape index (κ2) is 2.28. The van der Waals surface area contributed by atoms with E-state index in [-0.39, 0.29) is 0 Å². The highest BCUT2D eigenvalue weighted by atomic mass is 16.7. The summed E-state index contributed by atoms with van der Waals surface area (Å²) in [6.45, 7) is 3.06. The second-order valence-electron chi connectivity index (χ2n) is 2.50. The van der Waals surface area contributed by atoms with Crippen molar-refractivity contribution in [3.8, 4) is 0 Å². The van der Waals surface area contributed by atoms with Crippen molar-refractivity contribution in [1.29, 1.82) is 0 Å². The highest BCUT2D eigenvalue weighted by Crippen LogP contribution is 2.27. The molecule has 5 heteroatoms. The van der Waals surface area contributed by atoms with E-state index in [1.165, 1.54) is 0 Å². The Morgan fingerprint density at radius 3 is 2.82 bits per heavy atom. The molecule has 0 unspecified atom stereocenters. The van der Waals surface area contributed by atoms with Crippen molar-refractivity contribution in [2.24, 2.45) is 0 Å². The molecule has 1 fully saturated rings. The van der Waals surface area contributed by atoms with Gasteiger partial charge in [-0.3, -0.25) is 0 Å². The molecule has 0 radical (unpaired) electrons. The van der Waals surface area contributed by atoms with Gasteiger partial charge in [-0.2, -0.15) is 15.4 Å². The molecule has 0 saturated carbocycles. The van der Waals surface area contributed by atoms with Crippen molar-refractivity contribution in [2.75, 3.05) is 13.2 Å². The summed E-state index contributed by atoms with van der Waals surface area (Å²) in [6.07, 6.45) is 1.60. The van der Waals surface area contributed by atoms with Crippen molar-refractivity contribution >= 4 is 0 Å². The zero-order chi connectivity index (χ0) is 7.73. The van der Waals surface area contributed by atoms with Crippen molar-refractivity contribution in [2.45, 2.75) is 12.7 Å². The standard InChI is InChI=1S/C6H9N3O2/c1-6(10-2-3-11-6)5-4-7-9-8-5/h4H,2-3H2,1H3,(H,7,8,9). The van der Waals surface area contributed by atoms with Gasteiger partial charge in [0.05, 0.1) is 19.4 Å². The molecule has 2 rings (SSSR count). The van der Waals surface area contributed by atoms with Crippen LogP contribution in [-0.4, -0.2) is 28.6 Å². The molecular formula is C6H9N3O2. The lowest BCUT2D eigenvalue weighted by atomic mass is 10.2. The summed E-state index contributed by atoms with van der Waals surface area (Å²) in [6, 6.07) is 0. The van der Waals surface area contributed by atoms with Crippen LogP contribution in [0.3, 0.4) is 0 Å². The van der Waals surface area contributed by atoms with Crippen LogP contribution in [0.5, 0.6) is 0 Å². The molecule has 0 bridgehead atoms. The molecule has 1 aromatic rings. The number of hydrogen-bond donors (Lipinski definition) is 1. The minimum absolute atomic E-state index is 0.614. The van der Waals surface area contributed by atoms with Crippen LogP contribution >= 0.6 is 0 Å². The quantitative estimate of drug-likeness (QED) is 0.621. The maximum Gasteiger partial charge on any atom is 0.212 e.